The third-order valence-corrected chi connectivity index (χ3v) is 14.3. The van der Waals surface area contributed by atoms with Crippen LogP contribution >= 0.6 is 7.82 Å². The predicted molar refractivity (Wildman–Crippen MR) is 343 cm³/mol. The van der Waals surface area contributed by atoms with Crippen molar-refractivity contribution in [1.29, 1.82) is 0 Å². The molecule has 468 valence electrons. The molecule has 3 unspecified atom stereocenters. The van der Waals surface area contributed by atoms with Gasteiger partial charge in [0.05, 0.1) is 19.8 Å². The van der Waals surface area contributed by atoms with Gasteiger partial charge in [0.1, 0.15) is 12.7 Å². The summed E-state index contributed by atoms with van der Waals surface area (Å²) in [4.78, 5) is 48.8. The van der Waals surface area contributed by atoms with E-state index in [1.807, 2.05) is 12.2 Å². The largest absolute Gasteiger partial charge is 0.472 e. The quantitative estimate of drug-likeness (QED) is 0.0197. The number of aliphatic hydroxyl groups excluding tert-OH is 1. The number of carbonyl (C=O) groups is 3. The van der Waals surface area contributed by atoms with Crippen LogP contribution < -0.4 is 0 Å². The number of hydrogen-bond acceptors (Lipinski definition) is 10. The Morgan fingerprint density at radius 2 is 0.659 bits per heavy atom. The van der Waals surface area contributed by atoms with Gasteiger partial charge in [0.25, 0.3) is 0 Å². The lowest BCUT2D eigenvalue weighted by atomic mass is 10.1. The van der Waals surface area contributed by atoms with E-state index >= 15 is 0 Å². The fourth-order valence-electron chi connectivity index (χ4n) is 8.51. The van der Waals surface area contributed by atoms with Gasteiger partial charge >= 0.3 is 25.7 Å². The molecular formula is C70H117O11P. The number of carbonyl (C=O) groups excluding carboxylic acids is 3. The van der Waals surface area contributed by atoms with Crippen LogP contribution in [0.5, 0.6) is 0 Å². The smallest absolute Gasteiger partial charge is 0.462 e. The van der Waals surface area contributed by atoms with E-state index in [0.717, 1.165) is 109 Å². The van der Waals surface area contributed by atoms with Crippen molar-refractivity contribution < 1.29 is 52.2 Å². The number of esters is 3. The van der Waals surface area contributed by atoms with Crippen LogP contribution in [0, 0.1) is 0 Å². The SMILES string of the molecule is CC/C=C\C/C=C\C/C=C\C/C=C\C/C=C\C/C=C\CCC(=O)OC(COC(=O)CCCCCCCCCCC/C=C\CCCCCCCC)COP(=O)(O)OCC(CO)OC(=O)CCCCCCCCC/C=C\C/C=C\C/C=C\CC. The van der Waals surface area contributed by atoms with E-state index in [1.54, 1.807) is 0 Å². The van der Waals surface area contributed by atoms with Crippen molar-refractivity contribution in [3.63, 3.8) is 0 Å². The maximum atomic E-state index is 13.0. The Kier molecular flexibility index (Phi) is 59.8. The van der Waals surface area contributed by atoms with Gasteiger partial charge in [-0.05, 0) is 116 Å². The van der Waals surface area contributed by atoms with Gasteiger partial charge in [-0.2, -0.15) is 0 Å². The van der Waals surface area contributed by atoms with Crippen molar-refractivity contribution in [1.82, 2.24) is 0 Å². The van der Waals surface area contributed by atoms with Gasteiger partial charge < -0.3 is 24.2 Å². The predicted octanol–water partition coefficient (Wildman–Crippen LogP) is 19.9. The number of phosphoric ester groups is 1. The molecule has 82 heavy (non-hydrogen) atoms. The van der Waals surface area contributed by atoms with Gasteiger partial charge in [-0.3, -0.25) is 23.4 Å². The first-order valence-electron chi connectivity index (χ1n) is 32.4. The van der Waals surface area contributed by atoms with E-state index < -0.39 is 57.8 Å². The number of rotatable bonds is 59. The molecule has 0 aromatic carbocycles. The van der Waals surface area contributed by atoms with Crippen molar-refractivity contribution in [2.24, 2.45) is 0 Å². The Bertz CT molecular complexity index is 1840. The molecule has 0 aromatic rings. The lowest BCUT2D eigenvalue weighted by Crippen LogP contribution is -2.30. The minimum Gasteiger partial charge on any atom is -0.462 e. The number of phosphoric acid groups is 1. The van der Waals surface area contributed by atoms with Crippen molar-refractivity contribution in [2.75, 3.05) is 26.4 Å². The van der Waals surface area contributed by atoms with Crippen LogP contribution in [0.2, 0.25) is 0 Å². The van der Waals surface area contributed by atoms with E-state index in [4.69, 9.17) is 23.3 Å². The summed E-state index contributed by atoms with van der Waals surface area (Å²) in [6.45, 7) is 4.34. The van der Waals surface area contributed by atoms with Crippen LogP contribution in [-0.4, -0.2) is 66.5 Å². The zero-order valence-corrected chi connectivity index (χ0v) is 52.8. The Hall–Kier alpha value is -4.12. The molecule has 12 heteroatoms. The van der Waals surface area contributed by atoms with Crippen LogP contribution in [0.25, 0.3) is 0 Å². The van der Waals surface area contributed by atoms with Crippen molar-refractivity contribution in [2.45, 2.75) is 277 Å². The molecule has 0 rings (SSSR count). The van der Waals surface area contributed by atoms with E-state index in [0.29, 0.717) is 25.7 Å². The molecular weight excluding hydrogens is 1050 g/mol. The zero-order chi connectivity index (χ0) is 59.8. The van der Waals surface area contributed by atoms with Gasteiger partial charge in [0.15, 0.2) is 6.10 Å². The first kappa shape index (κ1) is 77.9. The highest BCUT2D eigenvalue weighted by atomic mass is 31.2. The second kappa shape index (κ2) is 62.9. The second-order valence-corrected chi connectivity index (χ2v) is 22.6. The summed E-state index contributed by atoms with van der Waals surface area (Å²) < 4.78 is 39.6. The van der Waals surface area contributed by atoms with E-state index in [2.05, 4.69) is 130 Å². The molecule has 0 saturated heterocycles. The molecule has 0 heterocycles. The fraction of sp³-hybridized carbons (Fsp3) is 0.671. The lowest BCUT2D eigenvalue weighted by molar-refractivity contribution is -0.161. The van der Waals surface area contributed by atoms with E-state index in [1.165, 1.54) is 89.9 Å². The molecule has 0 saturated carbocycles. The van der Waals surface area contributed by atoms with Gasteiger partial charge in [0, 0.05) is 19.3 Å². The second-order valence-electron chi connectivity index (χ2n) is 21.2. The highest BCUT2D eigenvalue weighted by molar-refractivity contribution is 7.47. The fourth-order valence-corrected chi connectivity index (χ4v) is 9.29. The summed E-state index contributed by atoms with van der Waals surface area (Å²) in [6.07, 6.45) is 78.8. The van der Waals surface area contributed by atoms with Crippen molar-refractivity contribution in [3.8, 4) is 0 Å². The number of allylic oxidation sites excluding steroid dienone is 20. The highest BCUT2D eigenvalue weighted by Gasteiger charge is 2.28. The van der Waals surface area contributed by atoms with E-state index in [-0.39, 0.29) is 25.9 Å². The third kappa shape index (κ3) is 60.5. The van der Waals surface area contributed by atoms with Crippen molar-refractivity contribution >= 4 is 25.7 Å². The van der Waals surface area contributed by atoms with Crippen molar-refractivity contribution in [3.05, 3.63) is 122 Å². The first-order valence-corrected chi connectivity index (χ1v) is 33.9. The molecule has 0 radical (unpaired) electrons. The normalized spacial score (nSPS) is 14.1. The molecule has 0 aliphatic rings. The summed E-state index contributed by atoms with van der Waals surface area (Å²) in [5, 5.41) is 9.86. The monoisotopic (exact) mass is 1160 g/mol. The molecule has 0 fully saturated rings. The lowest BCUT2D eigenvalue weighted by Gasteiger charge is -2.21. The molecule has 0 amide bonds. The average Bonchev–Trinajstić information content (AvgIpc) is 3.50. The zero-order valence-electron chi connectivity index (χ0n) is 51.9. The molecule has 11 nitrogen and oxygen atoms in total. The summed E-state index contributed by atoms with van der Waals surface area (Å²) >= 11 is 0. The molecule has 0 aliphatic heterocycles. The maximum Gasteiger partial charge on any atom is 0.472 e. The summed E-state index contributed by atoms with van der Waals surface area (Å²) in [5.74, 6) is -1.58. The minimum absolute atomic E-state index is 0.0365. The molecule has 2 N–H and O–H groups in total. The Labute approximate surface area is 500 Å². The summed E-state index contributed by atoms with van der Waals surface area (Å²) in [5.41, 5.74) is 0. The third-order valence-electron chi connectivity index (χ3n) is 13.4. The van der Waals surface area contributed by atoms with Crippen LogP contribution in [0.4, 0.5) is 0 Å². The van der Waals surface area contributed by atoms with Crippen LogP contribution in [-0.2, 0) is 42.2 Å². The van der Waals surface area contributed by atoms with Crippen LogP contribution in [0.3, 0.4) is 0 Å². The molecule has 0 aromatic heterocycles. The summed E-state index contributed by atoms with van der Waals surface area (Å²) in [6, 6.07) is 0. The van der Waals surface area contributed by atoms with E-state index in [9.17, 15) is 28.9 Å². The molecule has 3 atom stereocenters. The highest BCUT2D eigenvalue weighted by Crippen LogP contribution is 2.43. The number of unbranched alkanes of at least 4 members (excludes halogenated alkanes) is 22. The maximum absolute atomic E-state index is 13.0. The van der Waals surface area contributed by atoms with Crippen LogP contribution in [0.15, 0.2) is 122 Å². The summed E-state index contributed by atoms with van der Waals surface area (Å²) in [7, 11) is -4.78. The molecule has 0 spiro atoms. The number of aliphatic hydroxyl groups is 1. The Morgan fingerprint density at radius 1 is 0.354 bits per heavy atom. The van der Waals surface area contributed by atoms with Gasteiger partial charge in [-0.15, -0.1) is 0 Å². The minimum atomic E-state index is -4.78. The Balaban J connectivity index is 4.81. The standard InChI is InChI=1S/C70H117O11P/c1-4-7-10-13-16-19-22-25-28-31-33-36-38-41-44-47-50-53-56-59-68(72)77-63-67(81-70(74)61-58-55-52-49-46-43-40-37-34-32-29-26-23-20-17-14-11-8-5-2)65-79-82(75,76)78-64-66(62-71)80-69(73)60-57-54-51-48-45-42-39-35-30-27-24-21-18-15-12-9-6-3/h8-9,11-12,17-18,20-21,25-30,34,37,43,46,52,55,66-67,71H,4-7,10,13-16,19,22-24,31-33,35-36,38-42,44-45,47-51,53-54,56-65H2,1-3H3,(H,75,76)/b11-8-,12-9-,20-17-,21-18-,28-25-,29-26-,30-27-,37-34-,46-43-,55-52-. The molecule has 0 aliphatic carbocycles. The van der Waals surface area contributed by atoms with Crippen LogP contribution in [0.1, 0.15) is 265 Å². The van der Waals surface area contributed by atoms with Gasteiger partial charge in [-0.25, -0.2) is 4.57 Å². The number of ether oxygens (including phenoxy) is 3. The first-order chi connectivity index (χ1) is 40.2. The average molecular weight is 1170 g/mol. The topological polar surface area (TPSA) is 155 Å². The number of hydrogen-bond donors (Lipinski definition) is 2. The Morgan fingerprint density at radius 3 is 1.06 bits per heavy atom. The van der Waals surface area contributed by atoms with Gasteiger partial charge in [-0.1, -0.05) is 251 Å². The van der Waals surface area contributed by atoms with Gasteiger partial charge in [0.2, 0.25) is 0 Å². The molecule has 0 bridgehead atoms.